The molecule has 2 unspecified atom stereocenters. The molecule has 0 aromatic heterocycles. The van der Waals surface area contributed by atoms with Crippen LogP contribution >= 0.6 is 0 Å². The van der Waals surface area contributed by atoms with Gasteiger partial charge in [0.25, 0.3) is 0 Å². The van der Waals surface area contributed by atoms with Crippen LogP contribution in [0.4, 0.5) is 8.78 Å². The minimum atomic E-state index is -0.819. The summed E-state index contributed by atoms with van der Waals surface area (Å²) < 4.78 is 38.3. The van der Waals surface area contributed by atoms with Crippen molar-refractivity contribution in [3.63, 3.8) is 0 Å². The Hall–Kier alpha value is -2.14. The van der Waals surface area contributed by atoms with Crippen LogP contribution in [0.1, 0.15) is 69.0 Å². The third kappa shape index (κ3) is 5.92. The molecule has 2 atom stereocenters. The van der Waals surface area contributed by atoms with E-state index in [9.17, 15) is 8.78 Å². The van der Waals surface area contributed by atoms with Crippen molar-refractivity contribution in [2.45, 2.75) is 70.6 Å². The summed E-state index contributed by atoms with van der Waals surface area (Å²) in [6.07, 6.45) is 8.18. The predicted octanol–water partition coefficient (Wildman–Crippen LogP) is 6.32. The maximum Gasteiger partial charge on any atom is 0.159 e. The Bertz CT molecular complexity index is 796. The smallest absolute Gasteiger partial charge is 0.159 e. The Morgan fingerprint density at radius 3 is 2.62 bits per heavy atom. The number of hydrogen-bond donors (Lipinski definition) is 1. The monoisotopic (exact) mass is 403 g/mol. The summed E-state index contributed by atoms with van der Waals surface area (Å²) in [7, 11) is 1.65. The first-order valence-electron chi connectivity index (χ1n) is 10.6. The molecule has 1 aliphatic heterocycles. The van der Waals surface area contributed by atoms with E-state index in [2.05, 4.69) is 12.2 Å². The summed E-state index contributed by atoms with van der Waals surface area (Å²) in [5.41, 5.74) is 1.80. The van der Waals surface area contributed by atoms with Crippen LogP contribution in [0.2, 0.25) is 0 Å². The van der Waals surface area contributed by atoms with Gasteiger partial charge < -0.3 is 14.8 Å². The highest BCUT2D eigenvalue weighted by molar-refractivity contribution is 5.44. The number of ether oxygens (including phenoxy) is 2. The van der Waals surface area contributed by atoms with Crippen molar-refractivity contribution in [1.29, 1.82) is 0 Å². The summed E-state index contributed by atoms with van der Waals surface area (Å²) in [4.78, 5) is 0. The molecule has 2 aromatic rings. The lowest BCUT2D eigenvalue weighted by molar-refractivity contribution is 0.137. The summed E-state index contributed by atoms with van der Waals surface area (Å²) in [5, 5.41) is 3.51. The van der Waals surface area contributed by atoms with Crippen molar-refractivity contribution in [2.24, 2.45) is 0 Å². The molecule has 0 saturated carbocycles. The van der Waals surface area contributed by atoms with Gasteiger partial charge in [0.15, 0.2) is 11.6 Å². The molecule has 0 radical (unpaired) electrons. The molecule has 1 aliphatic rings. The summed E-state index contributed by atoms with van der Waals surface area (Å²) >= 11 is 0. The van der Waals surface area contributed by atoms with E-state index in [0.717, 1.165) is 41.9 Å². The van der Waals surface area contributed by atoms with E-state index in [4.69, 9.17) is 9.47 Å². The van der Waals surface area contributed by atoms with Crippen molar-refractivity contribution >= 4 is 0 Å². The Morgan fingerprint density at radius 1 is 1.03 bits per heavy atom. The molecule has 3 nitrogen and oxygen atoms in total. The molecule has 5 heteroatoms. The zero-order valence-corrected chi connectivity index (χ0v) is 17.3. The van der Waals surface area contributed by atoms with Crippen LogP contribution in [0, 0.1) is 11.6 Å². The van der Waals surface area contributed by atoms with E-state index in [1.165, 1.54) is 37.8 Å². The Balaban J connectivity index is 1.67. The lowest BCUT2D eigenvalue weighted by Gasteiger charge is -2.33. The minimum Gasteiger partial charge on any atom is -0.497 e. The van der Waals surface area contributed by atoms with Gasteiger partial charge in [-0.2, -0.15) is 0 Å². The van der Waals surface area contributed by atoms with Gasteiger partial charge in [0, 0.05) is 30.6 Å². The van der Waals surface area contributed by atoms with E-state index in [1.807, 2.05) is 18.2 Å². The fraction of sp³-hybridized carbons (Fsp3) is 0.500. The molecule has 1 N–H and O–H groups in total. The minimum absolute atomic E-state index is 0.0958. The zero-order valence-electron chi connectivity index (χ0n) is 17.3. The molecule has 0 saturated heterocycles. The summed E-state index contributed by atoms with van der Waals surface area (Å²) in [6, 6.07) is 10.0. The average molecular weight is 404 g/mol. The van der Waals surface area contributed by atoms with E-state index >= 15 is 0 Å². The van der Waals surface area contributed by atoms with Gasteiger partial charge in [-0.25, -0.2) is 8.78 Å². The predicted molar refractivity (Wildman–Crippen MR) is 111 cm³/mol. The first-order valence-corrected chi connectivity index (χ1v) is 10.6. The van der Waals surface area contributed by atoms with Crippen LogP contribution in [0.15, 0.2) is 36.4 Å². The van der Waals surface area contributed by atoms with Gasteiger partial charge in [-0.15, -0.1) is 0 Å². The molecule has 0 aliphatic carbocycles. The van der Waals surface area contributed by atoms with E-state index < -0.39 is 11.6 Å². The fourth-order valence-electron chi connectivity index (χ4n) is 3.89. The van der Waals surface area contributed by atoms with Gasteiger partial charge in [0.05, 0.1) is 7.11 Å². The SMILES string of the molecule is CCCCCCCC1CC(NCc2ccc(F)c(F)c2)c2ccc(OC)cc2O1. The van der Waals surface area contributed by atoms with Gasteiger partial charge in [0.1, 0.15) is 17.6 Å². The van der Waals surface area contributed by atoms with Gasteiger partial charge in [0.2, 0.25) is 0 Å². The number of unbranched alkanes of at least 4 members (excludes halogenated alkanes) is 4. The van der Waals surface area contributed by atoms with Crippen LogP contribution in [0.5, 0.6) is 11.5 Å². The number of methoxy groups -OCH3 is 1. The molecule has 0 fully saturated rings. The molecule has 0 bridgehead atoms. The maximum absolute atomic E-state index is 13.5. The first kappa shape index (κ1) is 21.6. The number of hydrogen-bond acceptors (Lipinski definition) is 3. The van der Waals surface area contributed by atoms with Crippen molar-refractivity contribution in [3.8, 4) is 11.5 Å². The van der Waals surface area contributed by atoms with Crippen molar-refractivity contribution < 1.29 is 18.3 Å². The highest BCUT2D eigenvalue weighted by Gasteiger charge is 2.28. The molecule has 2 aromatic carbocycles. The molecule has 0 spiro atoms. The molecule has 158 valence electrons. The molecule has 1 heterocycles. The van der Waals surface area contributed by atoms with Gasteiger partial charge >= 0.3 is 0 Å². The molecule has 0 amide bonds. The zero-order chi connectivity index (χ0) is 20.6. The summed E-state index contributed by atoms with van der Waals surface area (Å²) in [5.74, 6) is -0.0181. The van der Waals surface area contributed by atoms with Crippen molar-refractivity contribution in [2.75, 3.05) is 7.11 Å². The third-order valence-electron chi connectivity index (χ3n) is 5.55. The van der Waals surface area contributed by atoms with Crippen molar-refractivity contribution in [1.82, 2.24) is 5.32 Å². The lowest BCUT2D eigenvalue weighted by atomic mass is 9.93. The molecular formula is C24H31F2NO2. The second-order valence-corrected chi connectivity index (χ2v) is 7.76. The van der Waals surface area contributed by atoms with Crippen LogP contribution in [0.25, 0.3) is 0 Å². The van der Waals surface area contributed by atoms with E-state index in [-0.39, 0.29) is 12.1 Å². The largest absolute Gasteiger partial charge is 0.497 e. The second kappa shape index (κ2) is 10.6. The number of fused-ring (bicyclic) bond motifs is 1. The van der Waals surface area contributed by atoms with Crippen LogP contribution < -0.4 is 14.8 Å². The molecule has 29 heavy (non-hydrogen) atoms. The third-order valence-corrected chi connectivity index (χ3v) is 5.55. The quantitative estimate of drug-likeness (QED) is 0.471. The lowest BCUT2D eigenvalue weighted by Crippen LogP contribution is -2.33. The van der Waals surface area contributed by atoms with Crippen molar-refractivity contribution in [3.05, 3.63) is 59.2 Å². The highest BCUT2D eigenvalue weighted by Crippen LogP contribution is 2.38. The van der Waals surface area contributed by atoms with E-state index in [0.29, 0.717) is 6.54 Å². The Morgan fingerprint density at radius 2 is 1.86 bits per heavy atom. The first-order chi connectivity index (χ1) is 14.1. The summed E-state index contributed by atoms with van der Waals surface area (Å²) in [6.45, 7) is 2.69. The number of benzene rings is 2. The average Bonchev–Trinajstić information content (AvgIpc) is 2.73. The van der Waals surface area contributed by atoms with Gasteiger partial charge in [-0.05, 0) is 36.6 Å². The number of halogens is 2. The van der Waals surface area contributed by atoms with Crippen LogP contribution in [-0.4, -0.2) is 13.2 Å². The Labute approximate surface area is 172 Å². The van der Waals surface area contributed by atoms with Crippen LogP contribution in [-0.2, 0) is 6.54 Å². The Kier molecular flexibility index (Phi) is 7.87. The standard InChI is InChI=1S/C24H31F2NO2/c1-3-4-5-6-7-8-19-14-23(20-11-10-18(28-2)15-24(20)29-19)27-16-17-9-12-21(25)22(26)13-17/h9-13,15,19,23,27H,3-8,14,16H2,1-2H3. The van der Waals surface area contributed by atoms with Gasteiger partial charge in [-0.3, -0.25) is 0 Å². The fourth-order valence-corrected chi connectivity index (χ4v) is 3.89. The normalized spacial score (nSPS) is 18.2. The topological polar surface area (TPSA) is 30.5 Å². The number of rotatable bonds is 10. The van der Waals surface area contributed by atoms with E-state index in [1.54, 1.807) is 13.2 Å². The maximum atomic E-state index is 13.5. The van der Waals surface area contributed by atoms with Gasteiger partial charge in [-0.1, -0.05) is 44.7 Å². The molecule has 3 rings (SSSR count). The molecular weight excluding hydrogens is 372 g/mol. The number of nitrogens with one attached hydrogen (secondary N) is 1. The highest BCUT2D eigenvalue weighted by atomic mass is 19.2. The second-order valence-electron chi connectivity index (χ2n) is 7.76. The van der Waals surface area contributed by atoms with Crippen LogP contribution in [0.3, 0.4) is 0 Å².